The summed E-state index contributed by atoms with van der Waals surface area (Å²) >= 11 is 0. The molecule has 0 spiro atoms. The largest absolute Gasteiger partial charge is 0.459 e. The highest BCUT2D eigenvalue weighted by Crippen LogP contribution is 2.20. The van der Waals surface area contributed by atoms with Gasteiger partial charge in [0.1, 0.15) is 0 Å². The number of amides is 1. The Morgan fingerprint density at radius 3 is 2.50 bits per heavy atom. The maximum absolute atomic E-state index is 12.4. The second kappa shape index (κ2) is 8.86. The van der Waals surface area contributed by atoms with Gasteiger partial charge in [0.25, 0.3) is 5.91 Å². The Balaban J connectivity index is 0.00000288. The van der Waals surface area contributed by atoms with E-state index < -0.39 is 9.84 Å². The molecule has 0 bridgehead atoms. The van der Waals surface area contributed by atoms with Crippen molar-refractivity contribution in [1.29, 1.82) is 0 Å². The summed E-state index contributed by atoms with van der Waals surface area (Å²) in [7, 11) is -0.0798. The first-order chi connectivity index (χ1) is 11.0. The number of hydrogen-bond donors (Lipinski definition) is 1. The number of benzene rings is 1. The molecule has 0 saturated carbocycles. The maximum atomic E-state index is 12.4. The molecule has 0 unspecified atom stereocenters. The van der Waals surface area contributed by atoms with E-state index in [9.17, 15) is 13.2 Å². The highest BCUT2D eigenvalue weighted by Gasteiger charge is 2.24. The summed E-state index contributed by atoms with van der Waals surface area (Å²) < 4.78 is 30.1. The Labute approximate surface area is 148 Å². The molecule has 8 heteroatoms. The molecular formula is C16H21ClN2O4S. The van der Waals surface area contributed by atoms with E-state index in [1.165, 1.54) is 29.4 Å². The van der Waals surface area contributed by atoms with Gasteiger partial charge in [0.05, 0.1) is 16.9 Å². The number of nitrogens with one attached hydrogen (secondary N) is 1. The molecular weight excluding hydrogens is 352 g/mol. The van der Waals surface area contributed by atoms with Crippen molar-refractivity contribution in [1.82, 2.24) is 10.2 Å². The lowest BCUT2D eigenvalue weighted by Gasteiger charge is -2.16. The topological polar surface area (TPSA) is 79.6 Å². The van der Waals surface area contributed by atoms with E-state index in [0.717, 1.165) is 0 Å². The van der Waals surface area contributed by atoms with Crippen LogP contribution in [0.1, 0.15) is 16.1 Å². The second-order valence-corrected chi connectivity index (χ2v) is 7.17. The van der Waals surface area contributed by atoms with E-state index in [1.807, 2.05) is 0 Å². The van der Waals surface area contributed by atoms with Crippen LogP contribution in [0.4, 0.5) is 0 Å². The Morgan fingerprint density at radius 1 is 1.21 bits per heavy atom. The van der Waals surface area contributed by atoms with Gasteiger partial charge in [0.15, 0.2) is 15.6 Å². The third-order valence-corrected chi connectivity index (χ3v) is 5.11. The average Bonchev–Trinajstić information content (AvgIpc) is 3.00. The molecule has 1 N–H and O–H groups in total. The van der Waals surface area contributed by atoms with Crippen LogP contribution in [-0.4, -0.2) is 46.4 Å². The number of likely N-dealkylation sites (N-methyl/N-ethyl adjacent to an activating group) is 2. The fraction of sp³-hybridized carbons (Fsp3) is 0.312. The van der Waals surface area contributed by atoms with Crippen LogP contribution in [0, 0.1) is 0 Å². The van der Waals surface area contributed by atoms with Crippen LogP contribution in [-0.2, 0) is 15.6 Å². The number of furan rings is 1. The van der Waals surface area contributed by atoms with Crippen molar-refractivity contribution in [3.63, 3.8) is 0 Å². The number of carbonyl (C=O) groups excluding carboxylic acids is 1. The molecule has 0 atom stereocenters. The van der Waals surface area contributed by atoms with Gasteiger partial charge < -0.3 is 14.6 Å². The van der Waals surface area contributed by atoms with Gasteiger partial charge in [-0.05, 0) is 25.2 Å². The van der Waals surface area contributed by atoms with Gasteiger partial charge >= 0.3 is 0 Å². The van der Waals surface area contributed by atoms with Crippen LogP contribution >= 0.6 is 12.4 Å². The molecule has 0 aliphatic rings. The smallest absolute Gasteiger partial charge is 0.289 e. The van der Waals surface area contributed by atoms with E-state index in [1.54, 1.807) is 32.3 Å². The number of hydrogen-bond acceptors (Lipinski definition) is 5. The predicted molar refractivity (Wildman–Crippen MR) is 94.2 cm³/mol. The highest BCUT2D eigenvalue weighted by molar-refractivity contribution is 7.90. The monoisotopic (exact) mass is 372 g/mol. The minimum atomic E-state index is -3.52. The third-order valence-electron chi connectivity index (χ3n) is 3.43. The van der Waals surface area contributed by atoms with Crippen LogP contribution in [0.5, 0.6) is 0 Å². The second-order valence-electron chi connectivity index (χ2n) is 5.18. The van der Waals surface area contributed by atoms with E-state index in [-0.39, 0.29) is 34.7 Å². The molecule has 2 rings (SSSR count). The molecule has 0 saturated heterocycles. The lowest BCUT2D eigenvalue weighted by atomic mass is 10.2. The molecule has 0 aliphatic heterocycles. The first-order valence-electron chi connectivity index (χ1n) is 7.20. The summed E-state index contributed by atoms with van der Waals surface area (Å²) in [5.74, 6) is -0.527. The first kappa shape index (κ1) is 20.2. The van der Waals surface area contributed by atoms with Gasteiger partial charge in [-0.1, -0.05) is 18.2 Å². The fourth-order valence-corrected chi connectivity index (χ4v) is 3.48. The third kappa shape index (κ3) is 4.83. The van der Waals surface area contributed by atoms with Crippen LogP contribution in [0.3, 0.4) is 0 Å². The molecule has 2 aromatic rings. The van der Waals surface area contributed by atoms with Crippen molar-refractivity contribution in [2.24, 2.45) is 0 Å². The molecule has 1 heterocycles. The van der Waals surface area contributed by atoms with Crippen LogP contribution in [0.25, 0.3) is 0 Å². The van der Waals surface area contributed by atoms with Crippen LogP contribution in [0.2, 0.25) is 0 Å². The summed E-state index contributed by atoms with van der Waals surface area (Å²) in [4.78, 5) is 14.1. The number of halogens is 1. The summed E-state index contributed by atoms with van der Waals surface area (Å²) in [5, 5.41) is 2.95. The molecule has 6 nitrogen and oxygen atoms in total. The SMILES string of the molecule is CNCCN(C)C(=O)c1occc1CS(=O)(=O)c1ccccc1.Cl. The molecule has 0 radical (unpaired) electrons. The lowest BCUT2D eigenvalue weighted by Crippen LogP contribution is -2.33. The van der Waals surface area contributed by atoms with Crippen LogP contribution in [0.15, 0.2) is 52.0 Å². The predicted octanol–water partition coefficient (Wildman–Crippen LogP) is 1.97. The summed E-state index contributed by atoms with van der Waals surface area (Å²) in [5.41, 5.74) is 0.371. The molecule has 132 valence electrons. The van der Waals surface area contributed by atoms with E-state index in [0.29, 0.717) is 18.7 Å². The minimum absolute atomic E-state index is 0. The Bertz CT molecular complexity index is 759. The summed E-state index contributed by atoms with van der Waals surface area (Å²) in [6.45, 7) is 1.14. The van der Waals surface area contributed by atoms with Crippen molar-refractivity contribution in [2.75, 3.05) is 27.2 Å². The summed E-state index contributed by atoms with van der Waals surface area (Å²) in [6.07, 6.45) is 1.34. The van der Waals surface area contributed by atoms with Gasteiger partial charge in [-0.25, -0.2) is 8.42 Å². The minimum Gasteiger partial charge on any atom is -0.459 e. The fourth-order valence-electron chi connectivity index (χ4n) is 2.11. The number of nitrogens with zero attached hydrogens (tertiary/aromatic N) is 1. The van der Waals surface area contributed by atoms with Crippen molar-refractivity contribution in [2.45, 2.75) is 10.6 Å². The maximum Gasteiger partial charge on any atom is 0.289 e. The Morgan fingerprint density at radius 2 is 1.88 bits per heavy atom. The standard InChI is InChI=1S/C16H20N2O4S.ClH/c1-17-9-10-18(2)16(19)15-13(8-11-22-15)12-23(20,21)14-6-4-3-5-7-14;/h3-8,11,17H,9-10,12H2,1-2H3;1H. The molecule has 24 heavy (non-hydrogen) atoms. The number of sulfone groups is 1. The van der Waals surface area contributed by atoms with Crippen molar-refractivity contribution in [3.8, 4) is 0 Å². The zero-order valence-electron chi connectivity index (χ0n) is 13.6. The lowest BCUT2D eigenvalue weighted by molar-refractivity contribution is 0.0764. The van der Waals surface area contributed by atoms with Gasteiger partial charge in [0, 0.05) is 25.7 Å². The number of rotatable bonds is 7. The first-order valence-corrected chi connectivity index (χ1v) is 8.85. The quantitative estimate of drug-likeness (QED) is 0.803. The molecule has 1 aromatic carbocycles. The normalized spacial score (nSPS) is 10.9. The zero-order valence-corrected chi connectivity index (χ0v) is 15.2. The molecule has 1 amide bonds. The Hall–Kier alpha value is -1.83. The average molecular weight is 373 g/mol. The van der Waals surface area contributed by atoms with Gasteiger partial charge in [-0.3, -0.25) is 4.79 Å². The summed E-state index contributed by atoms with van der Waals surface area (Å²) in [6, 6.07) is 9.69. The molecule has 1 aromatic heterocycles. The highest BCUT2D eigenvalue weighted by atomic mass is 35.5. The zero-order chi connectivity index (χ0) is 16.9. The van der Waals surface area contributed by atoms with Crippen molar-refractivity contribution in [3.05, 3.63) is 54.0 Å². The van der Waals surface area contributed by atoms with E-state index >= 15 is 0 Å². The van der Waals surface area contributed by atoms with Gasteiger partial charge in [-0.2, -0.15) is 0 Å². The van der Waals surface area contributed by atoms with Gasteiger partial charge in [0.2, 0.25) is 0 Å². The van der Waals surface area contributed by atoms with Crippen molar-refractivity contribution < 1.29 is 17.6 Å². The Kier molecular flexibility index (Phi) is 7.47. The van der Waals surface area contributed by atoms with Crippen molar-refractivity contribution >= 4 is 28.2 Å². The van der Waals surface area contributed by atoms with Crippen LogP contribution < -0.4 is 5.32 Å². The van der Waals surface area contributed by atoms with E-state index in [4.69, 9.17) is 4.42 Å². The van der Waals surface area contributed by atoms with E-state index in [2.05, 4.69) is 5.32 Å². The number of carbonyl (C=O) groups is 1. The molecule has 0 fully saturated rings. The molecule has 0 aliphatic carbocycles. The van der Waals surface area contributed by atoms with Gasteiger partial charge in [-0.15, -0.1) is 12.4 Å².